The molecule has 0 heterocycles. The summed E-state index contributed by atoms with van der Waals surface area (Å²) < 4.78 is 25.8. The lowest BCUT2D eigenvalue weighted by molar-refractivity contribution is -0.121. The number of hydrazine groups is 1. The first-order valence-electron chi connectivity index (χ1n) is 10.4. The molecule has 3 aromatic carbocycles. The SMILES string of the molecule is CC(C)c1ccc(S(=O)(=O)c2ccc(NNC(=O)C3CC(=O)c4ccccc43)cc2)cc1. The largest absolute Gasteiger partial charge is 0.299 e. The molecule has 3 aromatic rings. The van der Waals surface area contributed by atoms with Crippen molar-refractivity contribution in [3.05, 3.63) is 89.5 Å². The zero-order chi connectivity index (χ0) is 22.9. The second-order valence-corrected chi connectivity index (χ2v) is 10.1. The summed E-state index contributed by atoms with van der Waals surface area (Å²) >= 11 is 0. The summed E-state index contributed by atoms with van der Waals surface area (Å²) in [7, 11) is -3.63. The summed E-state index contributed by atoms with van der Waals surface area (Å²) in [6.45, 7) is 4.11. The molecule has 1 unspecified atom stereocenters. The molecule has 7 heteroatoms. The Morgan fingerprint density at radius 2 is 1.50 bits per heavy atom. The van der Waals surface area contributed by atoms with Crippen molar-refractivity contribution in [2.75, 3.05) is 5.43 Å². The van der Waals surface area contributed by atoms with E-state index in [9.17, 15) is 18.0 Å². The molecule has 0 bridgehead atoms. The molecule has 6 nitrogen and oxygen atoms in total. The first-order chi connectivity index (χ1) is 15.3. The predicted molar refractivity (Wildman–Crippen MR) is 122 cm³/mol. The van der Waals surface area contributed by atoms with Gasteiger partial charge in [-0.1, -0.05) is 50.2 Å². The Hall–Kier alpha value is -3.45. The van der Waals surface area contributed by atoms with Gasteiger partial charge in [0.2, 0.25) is 15.7 Å². The molecule has 0 aliphatic heterocycles. The van der Waals surface area contributed by atoms with Crippen molar-refractivity contribution in [2.24, 2.45) is 0 Å². The minimum atomic E-state index is -3.63. The lowest BCUT2D eigenvalue weighted by Gasteiger charge is -2.14. The molecular formula is C25H24N2O4S. The highest BCUT2D eigenvalue weighted by molar-refractivity contribution is 7.91. The van der Waals surface area contributed by atoms with Crippen LogP contribution in [0.4, 0.5) is 5.69 Å². The Kier molecular flexibility index (Phi) is 5.84. The van der Waals surface area contributed by atoms with Gasteiger partial charge in [-0.15, -0.1) is 0 Å². The van der Waals surface area contributed by atoms with Gasteiger partial charge < -0.3 is 0 Å². The number of fused-ring (bicyclic) bond motifs is 1. The number of carbonyl (C=O) groups is 2. The standard InChI is InChI=1S/C25H24N2O4S/c1-16(2)17-7-11-19(12-8-17)32(30,31)20-13-9-18(10-14-20)26-27-25(29)23-15-24(28)22-6-4-3-5-21(22)23/h3-14,16,23,26H,15H2,1-2H3,(H,27,29). The quantitative estimate of drug-likeness (QED) is 0.544. The number of hydrogen-bond acceptors (Lipinski definition) is 5. The van der Waals surface area contributed by atoms with Crippen molar-refractivity contribution < 1.29 is 18.0 Å². The lowest BCUT2D eigenvalue weighted by Crippen LogP contribution is -2.33. The van der Waals surface area contributed by atoms with Gasteiger partial charge in [-0.05, 0) is 53.4 Å². The Balaban J connectivity index is 1.43. The molecule has 1 amide bonds. The number of anilines is 1. The second-order valence-electron chi connectivity index (χ2n) is 8.13. The van der Waals surface area contributed by atoms with E-state index in [2.05, 4.69) is 24.7 Å². The zero-order valence-corrected chi connectivity index (χ0v) is 18.6. The van der Waals surface area contributed by atoms with Crippen LogP contribution in [0.1, 0.15) is 53.6 Å². The van der Waals surface area contributed by atoms with Crippen molar-refractivity contribution in [3.8, 4) is 0 Å². The smallest absolute Gasteiger partial charge is 0.246 e. The predicted octanol–water partition coefficient (Wildman–Crippen LogP) is 4.46. The summed E-state index contributed by atoms with van der Waals surface area (Å²) in [5, 5.41) is 0. The molecule has 0 spiro atoms. The maximum Gasteiger partial charge on any atom is 0.246 e. The summed E-state index contributed by atoms with van der Waals surface area (Å²) in [6.07, 6.45) is 0.139. The average Bonchev–Trinajstić information content (AvgIpc) is 3.14. The number of carbonyl (C=O) groups excluding carboxylic acids is 2. The molecule has 32 heavy (non-hydrogen) atoms. The van der Waals surface area contributed by atoms with Gasteiger partial charge in [0.15, 0.2) is 5.78 Å². The number of rotatable bonds is 6. The second kappa shape index (κ2) is 8.59. The number of Topliss-reactive ketones (excluding diaryl/α,β-unsaturated/α-hetero) is 1. The van der Waals surface area contributed by atoms with E-state index in [0.29, 0.717) is 17.2 Å². The van der Waals surface area contributed by atoms with E-state index in [1.165, 1.54) is 12.1 Å². The Labute approximate surface area is 187 Å². The number of benzene rings is 3. The molecule has 0 saturated carbocycles. The van der Waals surface area contributed by atoms with Crippen LogP contribution in [0.15, 0.2) is 82.6 Å². The molecule has 164 valence electrons. The minimum absolute atomic E-state index is 0.0447. The van der Waals surface area contributed by atoms with E-state index in [4.69, 9.17) is 0 Å². The molecule has 0 aromatic heterocycles. The number of hydrogen-bond donors (Lipinski definition) is 2. The highest BCUT2D eigenvalue weighted by atomic mass is 32.2. The fourth-order valence-electron chi connectivity index (χ4n) is 3.80. The van der Waals surface area contributed by atoms with E-state index in [-0.39, 0.29) is 27.9 Å². The van der Waals surface area contributed by atoms with Gasteiger partial charge in [-0.2, -0.15) is 0 Å². The Morgan fingerprint density at radius 1 is 0.906 bits per heavy atom. The first kappa shape index (κ1) is 21.8. The number of sulfone groups is 1. The van der Waals surface area contributed by atoms with E-state index >= 15 is 0 Å². The van der Waals surface area contributed by atoms with E-state index in [1.807, 2.05) is 12.1 Å². The van der Waals surface area contributed by atoms with Gasteiger partial charge in [0, 0.05) is 12.0 Å². The molecule has 0 saturated heterocycles. The van der Waals surface area contributed by atoms with Gasteiger partial charge in [0.1, 0.15) is 0 Å². The fraction of sp³-hybridized carbons (Fsp3) is 0.200. The Morgan fingerprint density at radius 3 is 2.12 bits per heavy atom. The maximum atomic E-state index is 12.9. The summed E-state index contributed by atoms with van der Waals surface area (Å²) in [5.41, 5.74) is 8.34. The van der Waals surface area contributed by atoms with Crippen LogP contribution in [0.3, 0.4) is 0 Å². The van der Waals surface area contributed by atoms with E-state index in [1.54, 1.807) is 48.5 Å². The van der Waals surface area contributed by atoms with Crippen molar-refractivity contribution in [1.29, 1.82) is 0 Å². The highest BCUT2D eigenvalue weighted by Crippen LogP contribution is 2.33. The number of ketones is 1. The normalized spacial score (nSPS) is 15.5. The van der Waals surface area contributed by atoms with Crippen LogP contribution in [0.5, 0.6) is 0 Å². The first-order valence-corrected chi connectivity index (χ1v) is 11.9. The third-order valence-electron chi connectivity index (χ3n) is 5.69. The summed E-state index contributed by atoms with van der Waals surface area (Å²) in [4.78, 5) is 25.1. The monoisotopic (exact) mass is 448 g/mol. The molecular weight excluding hydrogens is 424 g/mol. The fourth-order valence-corrected chi connectivity index (χ4v) is 5.06. The van der Waals surface area contributed by atoms with Crippen LogP contribution >= 0.6 is 0 Å². The van der Waals surface area contributed by atoms with Gasteiger partial charge >= 0.3 is 0 Å². The van der Waals surface area contributed by atoms with Crippen molar-refractivity contribution in [3.63, 3.8) is 0 Å². The van der Waals surface area contributed by atoms with Crippen LogP contribution in [0.25, 0.3) is 0 Å². The average molecular weight is 449 g/mol. The van der Waals surface area contributed by atoms with Crippen molar-refractivity contribution >= 4 is 27.2 Å². The molecule has 2 N–H and O–H groups in total. The summed E-state index contributed by atoms with van der Waals surface area (Å²) in [6, 6.07) is 20.2. The Bertz CT molecular complexity index is 1260. The van der Waals surface area contributed by atoms with Gasteiger partial charge in [0.05, 0.1) is 21.4 Å². The molecule has 0 fully saturated rings. The zero-order valence-electron chi connectivity index (χ0n) is 17.8. The number of nitrogens with one attached hydrogen (secondary N) is 2. The summed E-state index contributed by atoms with van der Waals surface area (Å²) in [5.74, 6) is -0.579. The van der Waals surface area contributed by atoms with Crippen molar-refractivity contribution in [2.45, 2.75) is 41.9 Å². The third-order valence-corrected chi connectivity index (χ3v) is 7.48. The maximum absolute atomic E-state index is 12.9. The molecule has 4 rings (SSSR count). The van der Waals surface area contributed by atoms with Crippen LogP contribution in [-0.4, -0.2) is 20.1 Å². The van der Waals surface area contributed by atoms with Crippen LogP contribution in [0.2, 0.25) is 0 Å². The molecule has 0 radical (unpaired) electrons. The third kappa shape index (κ3) is 4.16. The van der Waals surface area contributed by atoms with Crippen LogP contribution in [-0.2, 0) is 14.6 Å². The van der Waals surface area contributed by atoms with Gasteiger partial charge in [0.25, 0.3) is 0 Å². The van der Waals surface area contributed by atoms with Crippen molar-refractivity contribution in [1.82, 2.24) is 5.43 Å². The van der Waals surface area contributed by atoms with Gasteiger partial charge in [-0.25, -0.2) is 8.42 Å². The van der Waals surface area contributed by atoms with Gasteiger partial charge in [-0.3, -0.25) is 20.4 Å². The topological polar surface area (TPSA) is 92.3 Å². The van der Waals surface area contributed by atoms with E-state index < -0.39 is 15.8 Å². The molecule has 1 aliphatic carbocycles. The van der Waals surface area contributed by atoms with Crippen LogP contribution < -0.4 is 10.9 Å². The van der Waals surface area contributed by atoms with E-state index in [0.717, 1.165) is 11.1 Å². The minimum Gasteiger partial charge on any atom is -0.299 e. The lowest BCUT2D eigenvalue weighted by atomic mass is 10.0. The molecule has 1 aliphatic rings. The molecule has 1 atom stereocenters. The highest BCUT2D eigenvalue weighted by Gasteiger charge is 2.33. The van der Waals surface area contributed by atoms with Crippen LogP contribution in [0, 0.1) is 0 Å². The number of amides is 1.